The number of hydrogen-bond acceptors (Lipinski definition) is 6. The Morgan fingerprint density at radius 2 is 2.14 bits per heavy atom. The van der Waals surface area contributed by atoms with Crippen LogP contribution in [0.3, 0.4) is 0 Å². The third kappa shape index (κ3) is 4.15. The first kappa shape index (κ1) is 15.7. The summed E-state index contributed by atoms with van der Waals surface area (Å²) in [7, 11) is 0. The van der Waals surface area contributed by atoms with Crippen molar-refractivity contribution < 1.29 is 14.3 Å². The number of ether oxygens (including phenoxy) is 2. The number of aryl methyl sites for hydroxylation is 1. The summed E-state index contributed by atoms with van der Waals surface area (Å²) >= 11 is 0. The number of hydrogen-bond donors (Lipinski definition) is 0. The molecular weight excluding hydrogens is 284 g/mol. The summed E-state index contributed by atoms with van der Waals surface area (Å²) in [6.07, 6.45) is 2.56. The second kappa shape index (κ2) is 7.92. The van der Waals surface area contributed by atoms with Gasteiger partial charge in [-0.3, -0.25) is 0 Å². The first-order valence-corrected chi connectivity index (χ1v) is 7.00. The standard InChI is InChI=1S/C15H18N4O3/c1-3-9-19-14(16-17-18-19)11-22-15(20)12-5-7-13(8-6-12)21-10-4-2/h4-8H,2-3,9-11H2,1H3. The van der Waals surface area contributed by atoms with Gasteiger partial charge in [0, 0.05) is 6.54 Å². The van der Waals surface area contributed by atoms with Crippen molar-refractivity contribution in [2.45, 2.75) is 26.5 Å². The molecule has 1 aromatic heterocycles. The number of carbonyl (C=O) groups is 1. The number of benzene rings is 1. The zero-order valence-electron chi connectivity index (χ0n) is 12.4. The molecule has 22 heavy (non-hydrogen) atoms. The highest BCUT2D eigenvalue weighted by molar-refractivity contribution is 5.89. The van der Waals surface area contributed by atoms with Gasteiger partial charge in [0.1, 0.15) is 12.4 Å². The van der Waals surface area contributed by atoms with Crippen molar-refractivity contribution in [3.05, 3.63) is 48.3 Å². The molecule has 0 aliphatic carbocycles. The number of esters is 1. The molecule has 0 bridgehead atoms. The molecule has 0 N–H and O–H groups in total. The molecule has 0 fully saturated rings. The molecule has 1 heterocycles. The molecule has 1 aromatic carbocycles. The van der Waals surface area contributed by atoms with Crippen LogP contribution < -0.4 is 4.74 Å². The Morgan fingerprint density at radius 1 is 1.36 bits per heavy atom. The van der Waals surface area contributed by atoms with Crippen LogP contribution >= 0.6 is 0 Å². The Hall–Kier alpha value is -2.70. The van der Waals surface area contributed by atoms with Gasteiger partial charge >= 0.3 is 5.97 Å². The molecule has 0 amide bonds. The van der Waals surface area contributed by atoms with Crippen LogP contribution in [0.2, 0.25) is 0 Å². The second-order valence-corrected chi connectivity index (χ2v) is 4.52. The minimum atomic E-state index is -0.429. The molecule has 2 rings (SSSR count). The predicted molar refractivity (Wildman–Crippen MR) is 79.4 cm³/mol. The Labute approximate surface area is 128 Å². The van der Waals surface area contributed by atoms with Crippen molar-refractivity contribution in [1.82, 2.24) is 20.2 Å². The third-order valence-corrected chi connectivity index (χ3v) is 2.83. The van der Waals surface area contributed by atoms with E-state index in [-0.39, 0.29) is 6.61 Å². The van der Waals surface area contributed by atoms with E-state index in [9.17, 15) is 4.79 Å². The lowest BCUT2D eigenvalue weighted by molar-refractivity contribution is 0.0456. The maximum atomic E-state index is 12.0. The summed E-state index contributed by atoms with van der Waals surface area (Å²) in [5.41, 5.74) is 0.445. The van der Waals surface area contributed by atoms with Crippen molar-refractivity contribution in [1.29, 1.82) is 0 Å². The fraction of sp³-hybridized carbons (Fsp3) is 0.333. The molecule has 0 radical (unpaired) electrons. The monoisotopic (exact) mass is 302 g/mol. The van der Waals surface area contributed by atoms with Crippen molar-refractivity contribution in [3.63, 3.8) is 0 Å². The molecule has 0 aliphatic heterocycles. The second-order valence-electron chi connectivity index (χ2n) is 4.52. The highest BCUT2D eigenvalue weighted by Crippen LogP contribution is 2.13. The Bertz CT molecular complexity index is 622. The fourth-order valence-corrected chi connectivity index (χ4v) is 1.77. The van der Waals surface area contributed by atoms with E-state index in [0.29, 0.717) is 30.3 Å². The molecule has 7 nitrogen and oxygen atoms in total. The third-order valence-electron chi connectivity index (χ3n) is 2.83. The highest BCUT2D eigenvalue weighted by atomic mass is 16.5. The van der Waals surface area contributed by atoms with Crippen LogP contribution in [0.4, 0.5) is 0 Å². The Morgan fingerprint density at radius 3 is 2.82 bits per heavy atom. The number of rotatable bonds is 8. The molecule has 116 valence electrons. The maximum Gasteiger partial charge on any atom is 0.338 e. The van der Waals surface area contributed by atoms with Gasteiger partial charge in [-0.2, -0.15) is 0 Å². The summed E-state index contributed by atoms with van der Waals surface area (Å²) in [5.74, 6) is 0.769. The summed E-state index contributed by atoms with van der Waals surface area (Å²) < 4.78 is 12.2. The van der Waals surface area contributed by atoms with Crippen LogP contribution in [0.5, 0.6) is 5.75 Å². The molecule has 0 atom stereocenters. The van der Waals surface area contributed by atoms with E-state index in [2.05, 4.69) is 22.1 Å². The SMILES string of the molecule is C=CCOc1ccc(C(=O)OCc2nnnn2CCC)cc1. The van der Waals surface area contributed by atoms with Gasteiger partial charge in [-0.15, -0.1) is 5.10 Å². The van der Waals surface area contributed by atoms with Crippen LogP contribution in [0.1, 0.15) is 29.5 Å². The highest BCUT2D eigenvalue weighted by Gasteiger charge is 2.11. The van der Waals surface area contributed by atoms with Crippen molar-refractivity contribution in [2.24, 2.45) is 0 Å². The van der Waals surface area contributed by atoms with Gasteiger partial charge in [0.05, 0.1) is 5.56 Å². The zero-order chi connectivity index (χ0) is 15.8. The zero-order valence-corrected chi connectivity index (χ0v) is 12.4. The molecule has 0 saturated heterocycles. The van der Waals surface area contributed by atoms with E-state index >= 15 is 0 Å². The van der Waals surface area contributed by atoms with Crippen LogP contribution in [-0.2, 0) is 17.9 Å². The lowest BCUT2D eigenvalue weighted by atomic mass is 10.2. The molecule has 2 aromatic rings. The molecule has 0 unspecified atom stereocenters. The lowest BCUT2D eigenvalue weighted by Gasteiger charge is -2.06. The minimum Gasteiger partial charge on any atom is -0.490 e. The van der Waals surface area contributed by atoms with Crippen molar-refractivity contribution in [2.75, 3.05) is 6.61 Å². The van der Waals surface area contributed by atoms with Gasteiger partial charge in [0.15, 0.2) is 12.4 Å². The molecule has 0 aliphatic rings. The molecule has 7 heteroatoms. The number of tetrazole rings is 1. The molecular formula is C15H18N4O3. The van der Waals surface area contributed by atoms with Gasteiger partial charge in [-0.05, 0) is 41.1 Å². The van der Waals surface area contributed by atoms with Crippen LogP contribution in [0, 0.1) is 0 Å². The van der Waals surface area contributed by atoms with Gasteiger partial charge in [-0.25, -0.2) is 9.48 Å². The van der Waals surface area contributed by atoms with E-state index < -0.39 is 5.97 Å². The average molecular weight is 302 g/mol. The lowest BCUT2D eigenvalue weighted by Crippen LogP contribution is -2.11. The summed E-state index contributed by atoms with van der Waals surface area (Å²) in [5, 5.41) is 11.3. The average Bonchev–Trinajstić information content (AvgIpc) is 2.99. The first-order chi connectivity index (χ1) is 10.7. The Balaban J connectivity index is 1.91. The summed E-state index contributed by atoms with van der Waals surface area (Å²) in [6.45, 7) is 6.75. The van der Waals surface area contributed by atoms with Gasteiger partial charge in [0.25, 0.3) is 0 Å². The van der Waals surface area contributed by atoms with E-state index in [1.165, 1.54) is 0 Å². The van der Waals surface area contributed by atoms with Crippen molar-refractivity contribution >= 4 is 5.97 Å². The normalized spacial score (nSPS) is 10.2. The first-order valence-electron chi connectivity index (χ1n) is 7.00. The van der Waals surface area contributed by atoms with Gasteiger partial charge < -0.3 is 9.47 Å². The molecule has 0 saturated carbocycles. The van der Waals surface area contributed by atoms with E-state index in [0.717, 1.165) is 6.42 Å². The van der Waals surface area contributed by atoms with Crippen molar-refractivity contribution in [3.8, 4) is 5.75 Å². The smallest absolute Gasteiger partial charge is 0.338 e. The Kier molecular flexibility index (Phi) is 5.65. The van der Waals surface area contributed by atoms with Crippen LogP contribution in [-0.4, -0.2) is 32.8 Å². The predicted octanol–water partition coefficient (Wildman–Crippen LogP) is 2.00. The fourth-order valence-electron chi connectivity index (χ4n) is 1.77. The largest absolute Gasteiger partial charge is 0.490 e. The summed E-state index contributed by atoms with van der Waals surface area (Å²) in [6, 6.07) is 6.72. The number of carbonyl (C=O) groups excluding carboxylic acids is 1. The number of nitrogens with zero attached hydrogens (tertiary/aromatic N) is 4. The quantitative estimate of drug-likeness (QED) is 0.548. The van der Waals surface area contributed by atoms with Crippen LogP contribution in [0.25, 0.3) is 0 Å². The number of aromatic nitrogens is 4. The maximum absolute atomic E-state index is 12.0. The topological polar surface area (TPSA) is 79.1 Å². The van der Waals surface area contributed by atoms with Crippen LogP contribution in [0.15, 0.2) is 36.9 Å². The van der Waals surface area contributed by atoms with E-state index in [1.807, 2.05) is 6.92 Å². The molecule has 0 spiro atoms. The van der Waals surface area contributed by atoms with Gasteiger partial charge in [0.2, 0.25) is 0 Å². The van der Waals surface area contributed by atoms with E-state index in [1.54, 1.807) is 35.0 Å². The summed E-state index contributed by atoms with van der Waals surface area (Å²) in [4.78, 5) is 12.0. The minimum absolute atomic E-state index is 0.0422. The van der Waals surface area contributed by atoms with Gasteiger partial charge in [-0.1, -0.05) is 19.6 Å². The van der Waals surface area contributed by atoms with E-state index in [4.69, 9.17) is 9.47 Å².